The summed E-state index contributed by atoms with van der Waals surface area (Å²) in [4.78, 5) is 22.6. The average molecular weight is 206 g/mol. The quantitative estimate of drug-likeness (QED) is 0.530. The van der Waals surface area contributed by atoms with Gasteiger partial charge in [0.15, 0.2) is 5.78 Å². The molecular weight excluding hydrogens is 196 g/mol. The van der Waals surface area contributed by atoms with Gasteiger partial charge in [0, 0.05) is 23.0 Å². The summed E-state index contributed by atoms with van der Waals surface area (Å²) in [7, 11) is 0. The number of rotatable bonds is 1. The molecule has 0 bridgehead atoms. The van der Waals surface area contributed by atoms with Gasteiger partial charge in [0.25, 0.3) is 0 Å². The fourth-order valence-corrected chi connectivity index (χ4v) is 1.67. The molecule has 1 atom stereocenters. The summed E-state index contributed by atoms with van der Waals surface area (Å²) in [6.45, 7) is 1.73. The first kappa shape index (κ1) is 9.51. The minimum Gasteiger partial charge on any atom is -0.480 e. The number of allylic oxidation sites excluding steroid dienone is 4. The maximum atomic E-state index is 11.8. The van der Waals surface area contributed by atoms with E-state index in [9.17, 15) is 9.59 Å². The number of hydrazine groups is 1. The molecule has 78 valence electrons. The Hall–Kier alpha value is -2.04. The third-order valence-electron chi connectivity index (χ3n) is 2.41. The van der Waals surface area contributed by atoms with E-state index in [0.29, 0.717) is 16.8 Å². The minimum atomic E-state index is -1.12. The predicted molar refractivity (Wildman–Crippen MR) is 52.3 cm³/mol. The molecule has 3 N–H and O–H groups in total. The Morgan fingerprint density at radius 1 is 1.53 bits per heavy atom. The summed E-state index contributed by atoms with van der Waals surface area (Å²) in [5.74, 6) is -2.55. The van der Waals surface area contributed by atoms with Gasteiger partial charge in [-0.1, -0.05) is 12.2 Å². The van der Waals surface area contributed by atoms with Crippen molar-refractivity contribution in [2.45, 2.75) is 6.92 Å². The molecule has 5 nitrogen and oxygen atoms in total. The van der Waals surface area contributed by atoms with Crippen molar-refractivity contribution in [2.75, 3.05) is 0 Å². The van der Waals surface area contributed by atoms with Gasteiger partial charge in [-0.15, -0.1) is 0 Å². The van der Waals surface area contributed by atoms with Crippen LogP contribution in [-0.2, 0) is 9.59 Å². The third-order valence-corrected chi connectivity index (χ3v) is 2.41. The number of Topliss-reactive ketones (excluding diaryl/α,β-unsaturated/α-hetero) is 1. The Kier molecular flexibility index (Phi) is 2.07. The first-order chi connectivity index (χ1) is 7.11. The van der Waals surface area contributed by atoms with E-state index in [1.807, 2.05) is 0 Å². The summed E-state index contributed by atoms with van der Waals surface area (Å²) in [6, 6.07) is 0. The smallest absolute Gasteiger partial charge is 0.318 e. The van der Waals surface area contributed by atoms with Crippen molar-refractivity contribution in [3.63, 3.8) is 0 Å². The second-order valence-corrected chi connectivity index (χ2v) is 3.41. The van der Waals surface area contributed by atoms with Gasteiger partial charge < -0.3 is 16.0 Å². The predicted octanol–water partition coefficient (Wildman–Crippen LogP) is 0.0918. The van der Waals surface area contributed by atoms with Crippen molar-refractivity contribution in [2.24, 2.45) is 5.92 Å². The van der Waals surface area contributed by atoms with Crippen LogP contribution in [0.2, 0.25) is 0 Å². The zero-order valence-electron chi connectivity index (χ0n) is 8.07. The molecule has 2 aliphatic rings. The van der Waals surface area contributed by atoms with Crippen LogP contribution in [-0.4, -0.2) is 16.9 Å². The number of aliphatic carboxylic acids is 1. The van der Waals surface area contributed by atoms with Gasteiger partial charge in [0.2, 0.25) is 0 Å². The minimum absolute atomic E-state index is 0.372. The van der Waals surface area contributed by atoms with Gasteiger partial charge in [-0.05, 0) is 6.92 Å². The van der Waals surface area contributed by atoms with Gasteiger partial charge in [-0.2, -0.15) is 0 Å². The van der Waals surface area contributed by atoms with Crippen LogP contribution >= 0.6 is 0 Å². The third kappa shape index (κ3) is 1.41. The van der Waals surface area contributed by atoms with Crippen LogP contribution in [0.25, 0.3) is 0 Å². The summed E-state index contributed by atoms with van der Waals surface area (Å²) in [5, 5.41) is 8.84. The first-order valence-corrected chi connectivity index (χ1v) is 4.49. The molecule has 15 heavy (non-hydrogen) atoms. The fourth-order valence-electron chi connectivity index (χ4n) is 1.67. The van der Waals surface area contributed by atoms with E-state index >= 15 is 0 Å². The van der Waals surface area contributed by atoms with Crippen LogP contribution in [0.3, 0.4) is 0 Å². The highest BCUT2D eigenvalue weighted by molar-refractivity contribution is 6.13. The van der Waals surface area contributed by atoms with Crippen molar-refractivity contribution in [1.29, 1.82) is 0 Å². The molecule has 1 heterocycles. The van der Waals surface area contributed by atoms with E-state index in [-0.39, 0.29) is 5.78 Å². The second-order valence-electron chi connectivity index (χ2n) is 3.41. The number of hydrogen-bond acceptors (Lipinski definition) is 4. The first-order valence-electron chi connectivity index (χ1n) is 4.49. The number of carbonyl (C=O) groups is 2. The number of nitrogens with one attached hydrogen (secondary N) is 2. The Balaban J connectivity index is 2.49. The summed E-state index contributed by atoms with van der Waals surface area (Å²) < 4.78 is 0. The van der Waals surface area contributed by atoms with Crippen molar-refractivity contribution < 1.29 is 14.7 Å². The topological polar surface area (TPSA) is 78.4 Å². The number of fused-ring (bicyclic) bond motifs is 1. The lowest BCUT2D eigenvalue weighted by molar-refractivity contribution is -0.143. The van der Waals surface area contributed by atoms with Crippen LogP contribution in [0.15, 0.2) is 35.2 Å². The molecule has 0 fully saturated rings. The monoisotopic (exact) mass is 206 g/mol. The molecular formula is C10H10N2O3. The molecule has 0 radical (unpaired) electrons. The Morgan fingerprint density at radius 3 is 2.93 bits per heavy atom. The molecule has 1 unspecified atom stereocenters. The lowest BCUT2D eigenvalue weighted by Crippen LogP contribution is -2.36. The fraction of sp³-hybridized carbons (Fsp3) is 0.200. The van der Waals surface area contributed by atoms with Crippen molar-refractivity contribution >= 4 is 11.8 Å². The molecule has 0 amide bonds. The Bertz CT molecular complexity index is 432. The van der Waals surface area contributed by atoms with Gasteiger partial charge in [-0.3, -0.25) is 9.59 Å². The van der Waals surface area contributed by atoms with Gasteiger partial charge in [-0.25, -0.2) is 0 Å². The number of ketones is 1. The van der Waals surface area contributed by atoms with Gasteiger partial charge in [0.1, 0.15) is 5.92 Å². The standard InChI is InChI=1S/C10H10N2O3/c1-5-8-6(4-11-12-5)2-3-7(9(8)13)10(14)15/h2-4,7,11-12H,1H3,(H,14,15). The molecule has 0 aromatic heterocycles. The normalized spacial score (nSPS) is 23.9. The van der Waals surface area contributed by atoms with Crippen molar-refractivity contribution in [1.82, 2.24) is 10.9 Å². The van der Waals surface area contributed by atoms with Crippen LogP contribution < -0.4 is 10.9 Å². The highest BCUT2D eigenvalue weighted by Gasteiger charge is 2.33. The lowest BCUT2D eigenvalue weighted by atomic mass is 9.85. The SMILES string of the molecule is CC1=C2C(=O)C(C(=O)O)C=CC2=CNN1. The van der Waals surface area contributed by atoms with Crippen LogP contribution in [0, 0.1) is 5.92 Å². The maximum Gasteiger partial charge on any atom is 0.318 e. The van der Waals surface area contributed by atoms with E-state index in [4.69, 9.17) is 5.11 Å². The van der Waals surface area contributed by atoms with Crippen LogP contribution in [0.1, 0.15) is 6.92 Å². The number of carboxylic acid groups (broad SMARTS) is 1. The summed E-state index contributed by atoms with van der Waals surface area (Å²) in [6.07, 6.45) is 4.68. The van der Waals surface area contributed by atoms with E-state index in [1.54, 1.807) is 19.2 Å². The molecule has 0 saturated heterocycles. The lowest BCUT2D eigenvalue weighted by Gasteiger charge is -2.24. The van der Waals surface area contributed by atoms with E-state index in [0.717, 1.165) is 0 Å². The molecule has 1 aliphatic carbocycles. The van der Waals surface area contributed by atoms with E-state index < -0.39 is 11.9 Å². The number of carboxylic acids is 1. The molecule has 1 aliphatic heterocycles. The zero-order chi connectivity index (χ0) is 11.0. The van der Waals surface area contributed by atoms with Gasteiger partial charge >= 0.3 is 5.97 Å². The van der Waals surface area contributed by atoms with E-state index in [1.165, 1.54) is 6.08 Å². The molecule has 0 aromatic rings. The van der Waals surface area contributed by atoms with Gasteiger partial charge in [0.05, 0.1) is 0 Å². The average Bonchev–Trinajstić information content (AvgIpc) is 2.17. The van der Waals surface area contributed by atoms with Crippen LogP contribution in [0.5, 0.6) is 0 Å². The second kappa shape index (κ2) is 3.27. The molecule has 0 saturated carbocycles. The van der Waals surface area contributed by atoms with Crippen molar-refractivity contribution in [3.8, 4) is 0 Å². The van der Waals surface area contributed by atoms with Crippen molar-refractivity contribution in [3.05, 3.63) is 35.2 Å². The molecule has 0 aromatic carbocycles. The highest BCUT2D eigenvalue weighted by atomic mass is 16.4. The molecule has 2 rings (SSSR count). The Labute approximate surface area is 86.1 Å². The zero-order valence-corrected chi connectivity index (χ0v) is 8.07. The summed E-state index contributed by atoms with van der Waals surface area (Å²) in [5.41, 5.74) is 7.36. The van der Waals surface area contributed by atoms with E-state index in [2.05, 4.69) is 10.9 Å². The largest absolute Gasteiger partial charge is 0.480 e. The Morgan fingerprint density at radius 2 is 2.27 bits per heavy atom. The molecule has 5 heteroatoms. The summed E-state index contributed by atoms with van der Waals surface area (Å²) >= 11 is 0. The number of carbonyl (C=O) groups excluding carboxylic acids is 1. The highest BCUT2D eigenvalue weighted by Crippen LogP contribution is 2.27. The molecule has 0 spiro atoms. The maximum absolute atomic E-state index is 11.8. The van der Waals surface area contributed by atoms with Crippen LogP contribution in [0.4, 0.5) is 0 Å². The number of hydrogen-bond donors (Lipinski definition) is 3.